The largest absolute Gasteiger partial charge is 0.497 e. The molecule has 0 unspecified atom stereocenters. The molecule has 1 rings (SSSR count). The van der Waals surface area contributed by atoms with Crippen LogP contribution in [0.2, 0.25) is 0 Å². The maximum atomic E-state index is 5.56. The normalized spacial score (nSPS) is 10.2. The van der Waals surface area contributed by atoms with Gasteiger partial charge < -0.3 is 20.9 Å². The number of benzene rings is 1. The molecule has 0 aliphatic carbocycles. The van der Waals surface area contributed by atoms with E-state index in [1.165, 1.54) is 0 Å². The summed E-state index contributed by atoms with van der Waals surface area (Å²) >= 11 is 0. The molecule has 1 aromatic carbocycles. The summed E-state index contributed by atoms with van der Waals surface area (Å²) in [4.78, 5) is 0. The molecule has 72 valence electrons. The molecule has 4 N–H and O–H groups in total. The van der Waals surface area contributed by atoms with Gasteiger partial charge in [-0.1, -0.05) is 0 Å². The van der Waals surface area contributed by atoms with Crippen LogP contribution in [0.5, 0.6) is 11.5 Å². The number of nitrogens with two attached hydrogens (primary N) is 2. The Balaban J connectivity index is 3.10. The summed E-state index contributed by atoms with van der Waals surface area (Å²) in [6.45, 7) is 0. The fourth-order valence-corrected chi connectivity index (χ4v) is 1.10. The Hall–Kier alpha value is -1.26. The average Bonchev–Trinajstić information content (AvgIpc) is 2.16. The van der Waals surface area contributed by atoms with E-state index in [2.05, 4.69) is 0 Å². The van der Waals surface area contributed by atoms with E-state index < -0.39 is 6.17 Å². The third-order valence-corrected chi connectivity index (χ3v) is 1.80. The highest BCUT2D eigenvalue weighted by atomic mass is 16.5. The van der Waals surface area contributed by atoms with E-state index in [9.17, 15) is 0 Å². The minimum absolute atomic E-state index is 0.551. The van der Waals surface area contributed by atoms with Gasteiger partial charge in [-0.25, -0.2) is 0 Å². The molecule has 4 nitrogen and oxygen atoms in total. The Bertz CT molecular complexity index is 287. The molecular formula is C9H14N2O2. The number of hydrogen-bond donors (Lipinski definition) is 2. The fraction of sp³-hybridized carbons (Fsp3) is 0.333. The van der Waals surface area contributed by atoms with Crippen LogP contribution in [0.1, 0.15) is 11.7 Å². The first-order valence-corrected chi connectivity index (χ1v) is 3.92. The molecule has 0 radical (unpaired) electrons. The van der Waals surface area contributed by atoms with Crippen LogP contribution in [0.3, 0.4) is 0 Å². The standard InChI is InChI=1S/C9H14N2O2/c1-12-6-3-4-8(13-2)7(5-6)9(10)11/h3-5,9H,10-11H2,1-2H3. The van der Waals surface area contributed by atoms with Crippen molar-refractivity contribution in [3.8, 4) is 11.5 Å². The zero-order valence-corrected chi connectivity index (χ0v) is 7.78. The first-order chi connectivity index (χ1) is 6.19. The van der Waals surface area contributed by atoms with E-state index >= 15 is 0 Å². The van der Waals surface area contributed by atoms with Crippen molar-refractivity contribution in [2.45, 2.75) is 6.17 Å². The van der Waals surface area contributed by atoms with Gasteiger partial charge in [0.25, 0.3) is 0 Å². The molecule has 0 amide bonds. The number of methoxy groups -OCH3 is 2. The van der Waals surface area contributed by atoms with Crippen LogP contribution in [0.25, 0.3) is 0 Å². The summed E-state index contributed by atoms with van der Waals surface area (Å²) in [5.41, 5.74) is 11.8. The minimum atomic E-state index is -0.551. The third-order valence-electron chi connectivity index (χ3n) is 1.80. The molecule has 0 aliphatic heterocycles. The van der Waals surface area contributed by atoms with E-state index in [1.54, 1.807) is 32.4 Å². The van der Waals surface area contributed by atoms with Gasteiger partial charge in [-0.15, -0.1) is 0 Å². The summed E-state index contributed by atoms with van der Waals surface area (Å²) in [5.74, 6) is 1.40. The van der Waals surface area contributed by atoms with E-state index in [0.29, 0.717) is 5.75 Å². The van der Waals surface area contributed by atoms with E-state index in [4.69, 9.17) is 20.9 Å². The zero-order valence-electron chi connectivity index (χ0n) is 7.78. The van der Waals surface area contributed by atoms with Gasteiger partial charge in [0.1, 0.15) is 11.5 Å². The summed E-state index contributed by atoms with van der Waals surface area (Å²) in [6.07, 6.45) is -0.551. The Kier molecular flexibility index (Phi) is 3.11. The summed E-state index contributed by atoms with van der Waals surface area (Å²) in [6, 6.07) is 5.34. The molecule has 0 spiro atoms. The maximum absolute atomic E-state index is 5.56. The van der Waals surface area contributed by atoms with Crippen molar-refractivity contribution in [1.82, 2.24) is 0 Å². The van der Waals surface area contributed by atoms with Crippen LogP contribution >= 0.6 is 0 Å². The van der Waals surface area contributed by atoms with E-state index in [-0.39, 0.29) is 0 Å². The number of hydrogen-bond acceptors (Lipinski definition) is 4. The Morgan fingerprint density at radius 2 is 1.85 bits per heavy atom. The Morgan fingerprint density at radius 1 is 1.15 bits per heavy atom. The summed E-state index contributed by atoms with van der Waals surface area (Å²) < 4.78 is 10.1. The van der Waals surface area contributed by atoms with Crippen LogP contribution in [0.4, 0.5) is 0 Å². The molecular weight excluding hydrogens is 168 g/mol. The molecule has 0 aromatic heterocycles. The third kappa shape index (κ3) is 2.11. The number of ether oxygens (including phenoxy) is 2. The lowest BCUT2D eigenvalue weighted by Gasteiger charge is -2.12. The molecule has 0 saturated carbocycles. The Morgan fingerprint density at radius 3 is 2.31 bits per heavy atom. The van der Waals surface area contributed by atoms with Crippen LogP contribution in [-0.4, -0.2) is 14.2 Å². The predicted octanol–water partition coefficient (Wildman–Crippen LogP) is 0.620. The highest BCUT2D eigenvalue weighted by Crippen LogP contribution is 2.25. The molecule has 0 fully saturated rings. The van der Waals surface area contributed by atoms with Crippen molar-refractivity contribution < 1.29 is 9.47 Å². The highest BCUT2D eigenvalue weighted by molar-refractivity contribution is 5.41. The molecule has 0 atom stereocenters. The second-order valence-corrected chi connectivity index (χ2v) is 2.63. The van der Waals surface area contributed by atoms with Crippen molar-refractivity contribution in [2.75, 3.05) is 14.2 Å². The summed E-state index contributed by atoms with van der Waals surface area (Å²) in [5, 5.41) is 0. The average molecular weight is 182 g/mol. The molecule has 0 heterocycles. The lowest BCUT2D eigenvalue weighted by Crippen LogP contribution is -2.20. The topological polar surface area (TPSA) is 70.5 Å². The molecule has 4 heteroatoms. The molecule has 0 aliphatic rings. The second kappa shape index (κ2) is 4.11. The van der Waals surface area contributed by atoms with Crippen LogP contribution in [0.15, 0.2) is 18.2 Å². The monoisotopic (exact) mass is 182 g/mol. The first kappa shape index (κ1) is 9.83. The Labute approximate surface area is 77.4 Å². The van der Waals surface area contributed by atoms with Crippen molar-refractivity contribution in [3.63, 3.8) is 0 Å². The van der Waals surface area contributed by atoms with Gasteiger partial charge in [0, 0.05) is 5.56 Å². The molecule has 0 bridgehead atoms. The lowest BCUT2D eigenvalue weighted by atomic mass is 10.1. The quantitative estimate of drug-likeness (QED) is 0.672. The maximum Gasteiger partial charge on any atom is 0.125 e. The minimum Gasteiger partial charge on any atom is -0.497 e. The molecule has 0 saturated heterocycles. The SMILES string of the molecule is COc1ccc(OC)c(C(N)N)c1. The first-order valence-electron chi connectivity index (χ1n) is 3.92. The van der Waals surface area contributed by atoms with E-state index in [1.807, 2.05) is 0 Å². The van der Waals surface area contributed by atoms with Gasteiger partial charge in [-0.3, -0.25) is 0 Å². The highest BCUT2D eigenvalue weighted by Gasteiger charge is 2.08. The van der Waals surface area contributed by atoms with Crippen LogP contribution in [0, 0.1) is 0 Å². The van der Waals surface area contributed by atoms with Gasteiger partial charge in [-0.05, 0) is 18.2 Å². The smallest absolute Gasteiger partial charge is 0.125 e. The van der Waals surface area contributed by atoms with E-state index in [0.717, 1.165) is 11.3 Å². The van der Waals surface area contributed by atoms with Crippen molar-refractivity contribution in [2.24, 2.45) is 11.5 Å². The van der Waals surface area contributed by atoms with Crippen molar-refractivity contribution in [3.05, 3.63) is 23.8 Å². The van der Waals surface area contributed by atoms with Gasteiger partial charge in [-0.2, -0.15) is 0 Å². The van der Waals surface area contributed by atoms with Crippen LogP contribution < -0.4 is 20.9 Å². The van der Waals surface area contributed by atoms with Crippen molar-refractivity contribution in [1.29, 1.82) is 0 Å². The van der Waals surface area contributed by atoms with Gasteiger partial charge in [0.2, 0.25) is 0 Å². The van der Waals surface area contributed by atoms with Crippen LogP contribution in [-0.2, 0) is 0 Å². The van der Waals surface area contributed by atoms with Gasteiger partial charge >= 0.3 is 0 Å². The zero-order chi connectivity index (χ0) is 9.84. The molecule has 1 aromatic rings. The molecule has 13 heavy (non-hydrogen) atoms. The van der Waals surface area contributed by atoms with Gasteiger partial charge in [0.05, 0.1) is 20.4 Å². The number of rotatable bonds is 3. The lowest BCUT2D eigenvalue weighted by molar-refractivity contribution is 0.395. The van der Waals surface area contributed by atoms with Gasteiger partial charge in [0.15, 0.2) is 0 Å². The summed E-state index contributed by atoms with van der Waals surface area (Å²) in [7, 11) is 3.17. The predicted molar refractivity (Wildman–Crippen MR) is 50.7 cm³/mol. The van der Waals surface area contributed by atoms with Crippen molar-refractivity contribution >= 4 is 0 Å². The second-order valence-electron chi connectivity index (χ2n) is 2.63. The fourth-order valence-electron chi connectivity index (χ4n) is 1.10.